The third kappa shape index (κ3) is 3.48. The van der Waals surface area contributed by atoms with E-state index in [4.69, 9.17) is 0 Å². The number of sulfonamides is 1. The molecule has 0 amide bonds. The largest absolute Gasteiger partial charge is 0.465 e. The lowest BCUT2D eigenvalue weighted by molar-refractivity contribution is 0.0600. The molecule has 2 heterocycles. The fourth-order valence-electron chi connectivity index (χ4n) is 3.61. The van der Waals surface area contributed by atoms with Crippen molar-refractivity contribution in [1.82, 2.24) is 9.21 Å². The molecule has 2 aliphatic rings. The summed E-state index contributed by atoms with van der Waals surface area (Å²) in [6.07, 6.45) is 4.17. The molecule has 3 rings (SSSR count). The molecular weight excluding hydrogens is 328 g/mol. The van der Waals surface area contributed by atoms with E-state index in [1.165, 1.54) is 26.0 Å². The van der Waals surface area contributed by atoms with Gasteiger partial charge in [-0.25, -0.2) is 13.2 Å². The summed E-state index contributed by atoms with van der Waals surface area (Å²) >= 11 is 0. The van der Waals surface area contributed by atoms with Crippen LogP contribution in [0.1, 0.15) is 36.0 Å². The summed E-state index contributed by atoms with van der Waals surface area (Å²) in [5.41, 5.74) is 0.258. The second kappa shape index (κ2) is 7.21. The highest BCUT2D eigenvalue weighted by molar-refractivity contribution is 7.89. The predicted molar refractivity (Wildman–Crippen MR) is 90.4 cm³/mol. The summed E-state index contributed by atoms with van der Waals surface area (Å²) < 4.78 is 32.4. The van der Waals surface area contributed by atoms with Crippen LogP contribution in [0.2, 0.25) is 0 Å². The lowest BCUT2D eigenvalue weighted by Gasteiger charge is -2.28. The van der Waals surface area contributed by atoms with Gasteiger partial charge in [0.2, 0.25) is 10.0 Å². The Bertz CT molecular complexity index is 698. The van der Waals surface area contributed by atoms with E-state index in [-0.39, 0.29) is 16.5 Å². The smallest absolute Gasteiger partial charge is 0.337 e. The zero-order valence-electron chi connectivity index (χ0n) is 14.0. The normalized spacial score (nSPS) is 22.8. The number of hydrogen-bond donors (Lipinski definition) is 0. The molecule has 7 heteroatoms. The van der Waals surface area contributed by atoms with E-state index in [2.05, 4.69) is 9.64 Å². The second-order valence-electron chi connectivity index (χ2n) is 6.44. The Balaban J connectivity index is 1.82. The summed E-state index contributed by atoms with van der Waals surface area (Å²) in [6, 6.07) is 6.13. The SMILES string of the molecule is COC(=O)c1cccc(S(=O)(=O)N2CCC[C@H]2CN2CCCC2)c1. The Kier molecular flexibility index (Phi) is 5.22. The first-order chi connectivity index (χ1) is 11.5. The fourth-order valence-corrected chi connectivity index (χ4v) is 5.34. The number of likely N-dealkylation sites (tertiary alicyclic amines) is 1. The molecule has 2 saturated heterocycles. The standard InChI is InChI=1S/C17H24N2O4S/c1-23-17(20)14-6-4-8-16(12-14)24(21,22)19-11-5-7-15(19)13-18-9-2-3-10-18/h4,6,8,12,15H,2-3,5,7,9-11,13H2,1H3/t15-/m0/s1. The molecule has 0 bridgehead atoms. The van der Waals surface area contributed by atoms with Crippen LogP contribution < -0.4 is 0 Å². The van der Waals surface area contributed by atoms with Gasteiger partial charge in [0.15, 0.2) is 0 Å². The average molecular weight is 352 g/mol. The van der Waals surface area contributed by atoms with Crippen LogP contribution in [0.15, 0.2) is 29.2 Å². The van der Waals surface area contributed by atoms with Crippen molar-refractivity contribution in [3.05, 3.63) is 29.8 Å². The van der Waals surface area contributed by atoms with Crippen LogP contribution >= 0.6 is 0 Å². The maximum atomic E-state index is 13.0. The van der Waals surface area contributed by atoms with Gasteiger partial charge in [0.05, 0.1) is 17.6 Å². The molecule has 1 atom stereocenters. The van der Waals surface area contributed by atoms with Crippen molar-refractivity contribution in [1.29, 1.82) is 0 Å². The third-order valence-corrected chi connectivity index (χ3v) is 6.80. The molecule has 6 nitrogen and oxygen atoms in total. The number of nitrogens with zero attached hydrogens (tertiary/aromatic N) is 2. The minimum absolute atomic E-state index is 0.0230. The highest BCUT2D eigenvalue weighted by atomic mass is 32.2. The van der Waals surface area contributed by atoms with Crippen LogP contribution in [-0.2, 0) is 14.8 Å². The minimum Gasteiger partial charge on any atom is -0.465 e. The van der Waals surface area contributed by atoms with Crippen molar-refractivity contribution in [2.24, 2.45) is 0 Å². The number of rotatable bonds is 5. The molecule has 1 aromatic carbocycles. The molecule has 0 radical (unpaired) electrons. The lowest BCUT2D eigenvalue weighted by atomic mass is 10.2. The summed E-state index contributed by atoms with van der Waals surface area (Å²) in [6.45, 7) is 3.46. The Hall–Kier alpha value is -1.44. The van der Waals surface area contributed by atoms with Crippen LogP contribution in [0.25, 0.3) is 0 Å². The van der Waals surface area contributed by atoms with Crippen molar-refractivity contribution in [2.75, 3.05) is 33.3 Å². The van der Waals surface area contributed by atoms with Crippen LogP contribution in [-0.4, -0.2) is 62.9 Å². The van der Waals surface area contributed by atoms with Gasteiger partial charge in [-0.05, 0) is 57.0 Å². The molecule has 0 unspecified atom stereocenters. The molecule has 0 aromatic heterocycles. The van der Waals surface area contributed by atoms with Crippen LogP contribution in [0.5, 0.6) is 0 Å². The van der Waals surface area contributed by atoms with Crippen molar-refractivity contribution in [3.63, 3.8) is 0 Å². The van der Waals surface area contributed by atoms with E-state index in [1.807, 2.05) is 0 Å². The second-order valence-corrected chi connectivity index (χ2v) is 8.33. The van der Waals surface area contributed by atoms with Gasteiger partial charge in [-0.15, -0.1) is 0 Å². The summed E-state index contributed by atoms with van der Waals surface area (Å²) in [5, 5.41) is 0. The molecule has 0 aliphatic carbocycles. The highest BCUT2D eigenvalue weighted by Gasteiger charge is 2.36. The van der Waals surface area contributed by atoms with E-state index in [9.17, 15) is 13.2 Å². The lowest BCUT2D eigenvalue weighted by Crippen LogP contribution is -2.42. The summed E-state index contributed by atoms with van der Waals surface area (Å²) in [5.74, 6) is -0.526. The molecule has 1 aromatic rings. The van der Waals surface area contributed by atoms with E-state index >= 15 is 0 Å². The Morgan fingerprint density at radius 1 is 1.21 bits per heavy atom. The van der Waals surface area contributed by atoms with Crippen molar-refractivity contribution in [3.8, 4) is 0 Å². The number of hydrogen-bond acceptors (Lipinski definition) is 5. The fraction of sp³-hybridized carbons (Fsp3) is 0.588. The zero-order chi connectivity index (χ0) is 17.2. The van der Waals surface area contributed by atoms with Crippen molar-refractivity contribution >= 4 is 16.0 Å². The molecular formula is C17H24N2O4S. The molecule has 2 fully saturated rings. The van der Waals surface area contributed by atoms with Crippen molar-refractivity contribution < 1.29 is 17.9 Å². The van der Waals surface area contributed by atoms with Gasteiger partial charge in [-0.2, -0.15) is 4.31 Å². The molecule has 0 saturated carbocycles. The Morgan fingerprint density at radius 2 is 1.96 bits per heavy atom. The van der Waals surface area contributed by atoms with Gasteiger partial charge in [0.1, 0.15) is 0 Å². The van der Waals surface area contributed by atoms with Gasteiger partial charge in [-0.1, -0.05) is 6.07 Å². The van der Waals surface area contributed by atoms with Gasteiger partial charge in [0.25, 0.3) is 0 Å². The first-order valence-electron chi connectivity index (χ1n) is 8.45. The van der Waals surface area contributed by atoms with Gasteiger partial charge < -0.3 is 9.64 Å². The maximum absolute atomic E-state index is 13.0. The molecule has 0 N–H and O–H groups in total. The van der Waals surface area contributed by atoms with E-state index < -0.39 is 16.0 Å². The number of esters is 1. The van der Waals surface area contributed by atoms with Gasteiger partial charge in [-0.3, -0.25) is 0 Å². The first-order valence-corrected chi connectivity index (χ1v) is 9.89. The number of benzene rings is 1. The van der Waals surface area contributed by atoms with Gasteiger partial charge >= 0.3 is 5.97 Å². The minimum atomic E-state index is -3.59. The number of carbonyl (C=O) groups excluding carboxylic acids is 1. The van der Waals surface area contributed by atoms with Gasteiger partial charge in [0, 0.05) is 19.1 Å². The Labute approximate surface area is 143 Å². The van der Waals surface area contributed by atoms with E-state index in [1.54, 1.807) is 22.5 Å². The summed E-state index contributed by atoms with van der Waals surface area (Å²) in [4.78, 5) is 14.2. The van der Waals surface area contributed by atoms with Crippen LogP contribution in [0, 0.1) is 0 Å². The molecule has 24 heavy (non-hydrogen) atoms. The van der Waals surface area contributed by atoms with Crippen molar-refractivity contribution in [2.45, 2.75) is 36.6 Å². The highest BCUT2D eigenvalue weighted by Crippen LogP contribution is 2.28. The zero-order valence-corrected chi connectivity index (χ0v) is 14.8. The van der Waals surface area contributed by atoms with Crippen LogP contribution in [0.3, 0.4) is 0 Å². The third-order valence-electron chi connectivity index (χ3n) is 4.85. The maximum Gasteiger partial charge on any atom is 0.337 e. The predicted octanol–water partition coefficient (Wildman–Crippen LogP) is 1.72. The molecule has 2 aliphatic heterocycles. The number of ether oxygens (including phenoxy) is 1. The Morgan fingerprint density at radius 3 is 2.67 bits per heavy atom. The topological polar surface area (TPSA) is 66.9 Å². The summed E-state index contributed by atoms with van der Waals surface area (Å²) in [7, 11) is -2.31. The average Bonchev–Trinajstić information content (AvgIpc) is 3.26. The van der Waals surface area contributed by atoms with Crippen LogP contribution in [0.4, 0.5) is 0 Å². The van der Waals surface area contributed by atoms with E-state index in [0.717, 1.165) is 32.5 Å². The number of carbonyl (C=O) groups is 1. The van der Waals surface area contributed by atoms with E-state index in [0.29, 0.717) is 6.54 Å². The molecule has 0 spiro atoms. The molecule has 132 valence electrons. The first kappa shape index (κ1) is 17.4. The monoisotopic (exact) mass is 352 g/mol. The number of methoxy groups -OCH3 is 1. The quantitative estimate of drug-likeness (QED) is 0.755.